The number of carbonyl (C=O) groups is 2. The van der Waals surface area contributed by atoms with Gasteiger partial charge in [-0.2, -0.15) is 0 Å². The number of piperazine rings is 1. The van der Waals surface area contributed by atoms with Crippen LogP contribution in [-0.4, -0.2) is 78.5 Å². The van der Waals surface area contributed by atoms with Crippen molar-refractivity contribution in [3.05, 3.63) is 59.3 Å². The van der Waals surface area contributed by atoms with Gasteiger partial charge in [-0.25, -0.2) is 8.78 Å². The number of aromatic nitrogens is 1. The molecule has 1 atom stereocenters. The van der Waals surface area contributed by atoms with E-state index in [4.69, 9.17) is 5.73 Å². The lowest BCUT2D eigenvalue weighted by Crippen LogP contribution is -2.52. The molecular formula is C26H30F2N6O2. The van der Waals surface area contributed by atoms with Crippen LogP contribution in [0.25, 0.3) is 10.9 Å². The van der Waals surface area contributed by atoms with Crippen LogP contribution < -0.4 is 16.0 Å². The highest BCUT2D eigenvalue weighted by Gasteiger charge is 2.30. The zero-order valence-electron chi connectivity index (χ0n) is 20.2. The molecule has 2 aliphatic heterocycles. The standard InChI is InChI=1S/C26H30F2N6O2/c1-16-2-3-22(28)21-13-23(31-25(16)21)26(36)30-18-10-17(27)11-20(12-18)34-5-4-19(14-34)33-8-6-32(7-9-33)15-24(29)35/h2-3,10-13,19,31H,4-9,14-15H2,1H3,(H2,29,35)(H,30,36)/t19-/m1/s1. The number of H-pyrrole nitrogens is 1. The minimum atomic E-state index is -0.463. The van der Waals surface area contributed by atoms with Crippen molar-refractivity contribution in [1.29, 1.82) is 0 Å². The van der Waals surface area contributed by atoms with Gasteiger partial charge in [0.25, 0.3) is 5.91 Å². The second-order valence-corrected chi connectivity index (χ2v) is 9.66. The van der Waals surface area contributed by atoms with Crippen LogP contribution in [0.3, 0.4) is 0 Å². The molecule has 0 aliphatic carbocycles. The largest absolute Gasteiger partial charge is 0.370 e. The number of benzene rings is 2. The molecular weight excluding hydrogens is 466 g/mol. The van der Waals surface area contributed by atoms with Crippen LogP contribution in [0.2, 0.25) is 0 Å². The van der Waals surface area contributed by atoms with E-state index < -0.39 is 17.5 Å². The van der Waals surface area contributed by atoms with Gasteiger partial charge in [0, 0.05) is 62.1 Å². The molecule has 0 bridgehead atoms. The summed E-state index contributed by atoms with van der Waals surface area (Å²) < 4.78 is 28.7. The Morgan fingerprint density at radius 3 is 2.58 bits per heavy atom. The van der Waals surface area contributed by atoms with Gasteiger partial charge in [-0.05, 0) is 49.2 Å². The molecule has 2 aliphatic rings. The summed E-state index contributed by atoms with van der Waals surface area (Å²) in [5.74, 6) is -1.62. The van der Waals surface area contributed by atoms with E-state index >= 15 is 0 Å². The molecule has 3 aromatic rings. The summed E-state index contributed by atoms with van der Waals surface area (Å²) in [6, 6.07) is 9.36. The molecule has 190 valence electrons. The first kappa shape index (κ1) is 24.2. The third kappa shape index (κ3) is 5.05. The summed E-state index contributed by atoms with van der Waals surface area (Å²) in [5.41, 5.74) is 7.96. The number of hydrogen-bond acceptors (Lipinski definition) is 5. The summed E-state index contributed by atoms with van der Waals surface area (Å²) in [5, 5.41) is 3.09. The van der Waals surface area contributed by atoms with E-state index in [1.165, 1.54) is 24.3 Å². The Balaban J connectivity index is 1.25. The molecule has 2 aromatic carbocycles. The van der Waals surface area contributed by atoms with Gasteiger partial charge in [-0.1, -0.05) is 6.07 Å². The fraction of sp³-hybridized carbons (Fsp3) is 0.385. The smallest absolute Gasteiger partial charge is 0.272 e. The SMILES string of the molecule is Cc1ccc(F)c2cc(C(=O)Nc3cc(F)cc(N4CC[C@@H](N5CCN(CC(N)=O)CC5)C4)c3)[nH]c12. The van der Waals surface area contributed by atoms with E-state index in [1.807, 2.05) is 6.92 Å². The van der Waals surface area contributed by atoms with Crippen LogP contribution in [0.5, 0.6) is 0 Å². The predicted molar refractivity (Wildman–Crippen MR) is 135 cm³/mol. The summed E-state index contributed by atoms with van der Waals surface area (Å²) in [7, 11) is 0. The van der Waals surface area contributed by atoms with Crippen LogP contribution in [0.1, 0.15) is 22.5 Å². The molecule has 1 aromatic heterocycles. The van der Waals surface area contributed by atoms with Crippen LogP contribution in [0, 0.1) is 18.6 Å². The zero-order valence-corrected chi connectivity index (χ0v) is 20.2. The van der Waals surface area contributed by atoms with Gasteiger partial charge in [0.2, 0.25) is 5.91 Å². The average molecular weight is 497 g/mol. The van der Waals surface area contributed by atoms with Crippen molar-refractivity contribution in [3.8, 4) is 0 Å². The van der Waals surface area contributed by atoms with Gasteiger partial charge in [0.05, 0.1) is 12.1 Å². The van der Waals surface area contributed by atoms with Gasteiger partial charge in [0.15, 0.2) is 0 Å². The molecule has 36 heavy (non-hydrogen) atoms. The van der Waals surface area contributed by atoms with E-state index in [2.05, 4.69) is 25.0 Å². The minimum absolute atomic E-state index is 0.209. The molecule has 2 saturated heterocycles. The quantitative estimate of drug-likeness (QED) is 0.488. The van der Waals surface area contributed by atoms with Crippen molar-refractivity contribution in [2.45, 2.75) is 19.4 Å². The van der Waals surface area contributed by atoms with E-state index in [0.29, 0.717) is 28.3 Å². The van der Waals surface area contributed by atoms with Crippen LogP contribution in [0.15, 0.2) is 36.4 Å². The zero-order chi connectivity index (χ0) is 25.4. The Kier molecular flexibility index (Phi) is 6.63. The molecule has 0 unspecified atom stereocenters. The summed E-state index contributed by atoms with van der Waals surface area (Å²) in [4.78, 5) is 33.6. The number of aryl methyl sites for hydroxylation is 1. The normalized spacial score (nSPS) is 19.2. The molecule has 0 radical (unpaired) electrons. The highest BCUT2D eigenvalue weighted by molar-refractivity contribution is 6.06. The van der Waals surface area contributed by atoms with Crippen molar-refractivity contribution < 1.29 is 18.4 Å². The molecule has 2 fully saturated rings. The summed E-state index contributed by atoms with van der Waals surface area (Å²) in [6.45, 7) is 6.98. The fourth-order valence-electron chi connectivity index (χ4n) is 5.26. The molecule has 0 saturated carbocycles. The number of anilines is 2. The monoisotopic (exact) mass is 496 g/mol. The van der Waals surface area contributed by atoms with Gasteiger partial charge in [-0.3, -0.25) is 19.4 Å². The number of fused-ring (bicyclic) bond motifs is 1. The highest BCUT2D eigenvalue weighted by atomic mass is 19.1. The second kappa shape index (κ2) is 9.87. The minimum Gasteiger partial charge on any atom is -0.370 e. The van der Waals surface area contributed by atoms with E-state index in [-0.39, 0.29) is 18.1 Å². The lowest BCUT2D eigenvalue weighted by Gasteiger charge is -2.37. The molecule has 2 amide bonds. The summed E-state index contributed by atoms with van der Waals surface area (Å²) >= 11 is 0. The van der Waals surface area contributed by atoms with E-state index in [1.54, 1.807) is 12.1 Å². The Labute approximate surface area is 208 Å². The molecule has 8 nitrogen and oxygen atoms in total. The number of nitrogens with one attached hydrogen (secondary N) is 2. The molecule has 4 N–H and O–H groups in total. The number of rotatable bonds is 6. The number of primary amides is 1. The number of nitrogens with two attached hydrogens (primary N) is 1. The molecule has 0 spiro atoms. The number of hydrogen-bond donors (Lipinski definition) is 3. The Hall–Kier alpha value is -3.50. The van der Waals surface area contributed by atoms with Gasteiger partial charge >= 0.3 is 0 Å². The first-order chi connectivity index (χ1) is 17.3. The number of nitrogens with zero attached hydrogens (tertiary/aromatic N) is 3. The van der Waals surface area contributed by atoms with E-state index in [9.17, 15) is 18.4 Å². The molecule has 10 heteroatoms. The topological polar surface area (TPSA) is 97.7 Å². The second-order valence-electron chi connectivity index (χ2n) is 9.66. The number of carbonyl (C=O) groups excluding carboxylic acids is 2. The average Bonchev–Trinajstić information content (AvgIpc) is 3.50. The van der Waals surface area contributed by atoms with Crippen molar-refractivity contribution >= 4 is 34.1 Å². The number of aromatic amines is 1. The van der Waals surface area contributed by atoms with Crippen molar-refractivity contribution in [2.75, 3.05) is 56.0 Å². The van der Waals surface area contributed by atoms with Gasteiger partial charge < -0.3 is 20.9 Å². The van der Waals surface area contributed by atoms with Crippen molar-refractivity contribution in [1.82, 2.24) is 14.8 Å². The Morgan fingerprint density at radius 1 is 1.08 bits per heavy atom. The number of halogens is 2. The van der Waals surface area contributed by atoms with Gasteiger partial charge in [-0.15, -0.1) is 0 Å². The fourth-order valence-corrected chi connectivity index (χ4v) is 5.26. The van der Waals surface area contributed by atoms with Crippen molar-refractivity contribution in [2.24, 2.45) is 5.73 Å². The van der Waals surface area contributed by atoms with Crippen LogP contribution in [-0.2, 0) is 4.79 Å². The maximum atomic E-state index is 14.5. The Bertz CT molecular complexity index is 1260. The van der Waals surface area contributed by atoms with Crippen LogP contribution in [0.4, 0.5) is 20.2 Å². The van der Waals surface area contributed by atoms with Gasteiger partial charge in [0.1, 0.15) is 17.3 Å². The number of amides is 2. The summed E-state index contributed by atoms with van der Waals surface area (Å²) in [6.07, 6.45) is 0.952. The Morgan fingerprint density at radius 2 is 1.86 bits per heavy atom. The van der Waals surface area contributed by atoms with Crippen molar-refractivity contribution in [3.63, 3.8) is 0 Å². The molecule has 5 rings (SSSR count). The lowest BCUT2D eigenvalue weighted by atomic mass is 10.1. The third-order valence-corrected chi connectivity index (χ3v) is 7.17. The van der Waals surface area contributed by atoms with Crippen LogP contribution >= 0.6 is 0 Å². The first-order valence-corrected chi connectivity index (χ1v) is 12.2. The maximum Gasteiger partial charge on any atom is 0.272 e. The third-order valence-electron chi connectivity index (χ3n) is 7.17. The molecule has 3 heterocycles. The van der Waals surface area contributed by atoms with E-state index in [0.717, 1.165) is 51.3 Å². The maximum absolute atomic E-state index is 14.5. The predicted octanol–water partition coefficient (Wildman–Crippen LogP) is 2.69. The first-order valence-electron chi connectivity index (χ1n) is 12.2. The lowest BCUT2D eigenvalue weighted by molar-refractivity contribution is -0.119. The highest BCUT2D eigenvalue weighted by Crippen LogP contribution is 2.28.